The highest BCUT2D eigenvalue weighted by molar-refractivity contribution is 7.99. The predicted octanol–water partition coefficient (Wildman–Crippen LogP) is 15.7. The third-order valence-electron chi connectivity index (χ3n) is 28.7. The Hall–Kier alpha value is -11.0. The van der Waals surface area contributed by atoms with Crippen LogP contribution in [0.5, 0.6) is 80.5 Å². The molecule has 0 radical (unpaired) electrons. The number of benzene rings is 6. The molecule has 6 N–H and O–H groups in total. The highest BCUT2D eigenvalue weighted by Gasteiger charge is 2.65. The number of hydrogen-bond donors (Lipinski definition) is 6. The summed E-state index contributed by atoms with van der Waals surface area (Å²) in [6, 6.07) is 10.6. The lowest BCUT2D eigenvalue weighted by molar-refractivity contribution is -0.158. The molecule has 14 atom stereocenters. The summed E-state index contributed by atoms with van der Waals surface area (Å²) in [7, 11) is 9.98. The van der Waals surface area contributed by atoms with Gasteiger partial charge in [-0.25, -0.2) is 19.2 Å². The molecule has 4 saturated heterocycles. The van der Waals surface area contributed by atoms with Gasteiger partial charge >= 0.3 is 36.2 Å². The number of ether oxygens (including phenoxy) is 15. The summed E-state index contributed by atoms with van der Waals surface area (Å²) in [5.41, 5.74) is 6.75. The van der Waals surface area contributed by atoms with Crippen molar-refractivity contribution in [2.24, 2.45) is 0 Å². The van der Waals surface area contributed by atoms with Gasteiger partial charge in [0.25, 0.3) is 0 Å². The van der Waals surface area contributed by atoms with Crippen LogP contribution in [0, 0.1) is 50.4 Å². The fourth-order valence-corrected chi connectivity index (χ4v) is 26.1. The van der Waals surface area contributed by atoms with Gasteiger partial charge in [-0.15, -0.1) is 23.5 Å². The number of likely N-dealkylation sites (N-methyl/N-ethyl adjacent to an activating group) is 2. The Morgan fingerprint density at radius 3 is 1.33 bits per heavy atom. The van der Waals surface area contributed by atoms with Gasteiger partial charge in [0.1, 0.15) is 48.0 Å². The second-order valence-corrected chi connectivity index (χ2v) is 41.6. The lowest BCUT2D eigenvalue weighted by Gasteiger charge is -2.62. The van der Waals surface area contributed by atoms with Crippen LogP contribution in [0.2, 0.25) is 0 Å². The highest BCUT2D eigenvalue weighted by Crippen LogP contribution is 2.68. The average molecular weight is 1930 g/mol. The number of carbonyl (C=O) groups excluding carboxylic acids is 5. The summed E-state index contributed by atoms with van der Waals surface area (Å²) in [5.74, 6) is 1.83. The number of hydrogen-bond acceptors (Lipinski definition) is 34. The van der Waals surface area contributed by atoms with Crippen LogP contribution in [-0.2, 0) is 74.9 Å². The number of nitrogens with zero attached hydrogens (tertiary/aromatic N) is 6. The molecule has 14 aliphatic heterocycles. The number of nitrogens with one attached hydrogen (secondary N) is 2. The summed E-state index contributed by atoms with van der Waals surface area (Å²) in [5, 5.41) is 73.3. The molecule has 4 fully saturated rings. The Morgan fingerprint density at radius 1 is 0.496 bits per heavy atom. The largest absolute Gasteiger partial charge is 0.514 e. The van der Waals surface area contributed by atoms with Gasteiger partial charge in [0.2, 0.25) is 13.6 Å². The molecule has 14 aliphatic rings. The van der Waals surface area contributed by atoms with E-state index in [0.29, 0.717) is 147 Å². The number of thioether (sulfide) groups is 2. The van der Waals surface area contributed by atoms with Gasteiger partial charge in [-0.1, -0.05) is 77.3 Å². The molecule has 736 valence electrons. The predicted molar refractivity (Wildman–Crippen MR) is 505 cm³/mol. The highest BCUT2D eigenvalue weighted by atomic mass is 32.2. The third-order valence-corrected chi connectivity index (χ3v) is 31.7. The number of aryl methyl sites for hydroxylation is 2. The zero-order valence-electron chi connectivity index (χ0n) is 81.2. The topological polar surface area (TPSA) is 406 Å². The van der Waals surface area contributed by atoms with Crippen LogP contribution in [0.25, 0.3) is 0 Å². The maximum absolute atomic E-state index is 15.2. The number of phenolic OH excluding ortho intramolecular Hbond substituents is 3. The first-order valence-corrected chi connectivity index (χ1v) is 49.5. The first-order valence-electron chi connectivity index (χ1n) is 47.4. The number of esters is 3. The van der Waals surface area contributed by atoms with Crippen molar-refractivity contribution in [1.82, 2.24) is 30.2 Å². The molecule has 35 heteroatoms. The minimum Gasteiger partial charge on any atom is -0.507 e. The average Bonchev–Trinajstić information content (AvgIpc) is 1.57. The molecule has 8 bridgehead atoms. The Balaban J connectivity index is 0.000000182. The standard InChI is InChI=1S/C51H62N4O12S.C43H48N4O11S.C8H16O2/c1-10-11-12-13-14-15-36(56)66-44-27(3)45-46(64-25-63-45)38-33-23-62-48(58)51(30-21-34(60-8)35(20-28(30)16-17-53-51)65-49(59)67-50(4,5)6)24-68-47(39(38)44)41-40-37-29(18-26(2)43(61-9)42(37)57)19-31(54(40)7)32(22-52)55(33)41;1-19-11-22-12-24-25(15-44)47-26-16-54-40(50)43(23-14-27(52-7)28(13-21(23)9-10-45-43)57-41(51)58-42(3,4)5)17-59-39(31-30(26)38-37(55-18-56-38)20(2)34(31)48)33(47)32(46(24)6)29(22)35(49)36(19)53-8;1-2-3-4-5-6-7-8(9)10/h18,20-21,31-33,40-41,47,53,57H,10-17,19,23-25H2,1-9H3;11,13-14,24-26,32-33,39,45,48-49H,9-10,12,16-18H2,1-8H3;2-7H2,1H3,(H,9,10)/t31-,32-,33-,40+,41?,47+,51+;24-,25-,26-,32+,33?,39+,43+;/m00./s1. The number of aliphatic carboxylic acids is 1. The SMILES string of the molecule is CCCCCCCC(=O)O.CCCCCCCC(=O)Oc1c(C)c2c(c3c1[C@H]1SC[C@]4(NCCc5cc(OC(=O)OC(C)(C)C)c(OC)cc54)C(=O)OC[C@@H]3N3C1[C@H]1c4c(cc(C)c(OC)c4O)C[C@@H]([C@@H]3C#N)N1C)OCO2.COc1cc2c(cc1OC(=O)OC(C)(C)C)CCN[C@]21CS[C@@H]2c3c(O)c(C)c4c(c3[C@H](COC1=O)N1C2[C@H]2c3c(cc(C)c(OC)c3O)C[C@@H]([C@@H]1C#N)N2C)OCO4. The van der Waals surface area contributed by atoms with Gasteiger partial charge in [0, 0.05) is 106 Å². The van der Waals surface area contributed by atoms with Crippen molar-refractivity contribution >= 4 is 59.7 Å². The number of piperazine rings is 2. The van der Waals surface area contributed by atoms with Crippen molar-refractivity contribution in [2.75, 3.05) is 93.9 Å². The second kappa shape index (κ2) is 39.7. The van der Waals surface area contributed by atoms with E-state index in [4.69, 9.17) is 76.2 Å². The van der Waals surface area contributed by atoms with Crippen molar-refractivity contribution in [2.45, 2.75) is 279 Å². The molecule has 137 heavy (non-hydrogen) atoms. The summed E-state index contributed by atoms with van der Waals surface area (Å²) >= 11 is 2.94. The maximum Gasteiger partial charge on any atom is 0.514 e. The summed E-state index contributed by atoms with van der Waals surface area (Å²) in [6.45, 7) is 22.5. The summed E-state index contributed by atoms with van der Waals surface area (Å²) < 4.78 is 89.7. The monoisotopic (exact) mass is 1930 g/mol. The number of methoxy groups -OCH3 is 4. The lowest BCUT2D eigenvalue weighted by atomic mass is 9.71. The second-order valence-electron chi connectivity index (χ2n) is 39.3. The van der Waals surface area contributed by atoms with Gasteiger partial charge in [0.05, 0.1) is 75.2 Å². The number of carboxylic acid groups (broad SMARTS) is 1. The van der Waals surface area contributed by atoms with Crippen LogP contribution in [0.1, 0.15) is 256 Å². The van der Waals surface area contributed by atoms with E-state index >= 15 is 4.79 Å². The number of nitriles is 2. The number of unbranched alkanes of at least 4 members (excludes halogenated alkanes) is 8. The van der Waals surface area contributed by atoms with Gasteiger partial charge in [0.15, 0.2) is 80.1 Å². The van der Waals surface area contributed by atoms with Crippen molar-refractivity contribution < 1.29 is 120 Å². The van der Waals surface area contributed by atoms with E-state index in [1.165, 1.54) is 64.1 Å². The Kier molecular flexibility index (Phi) is 28.7. The normalized spacial score (nSPS) is 25.6. The number of fused-ring (bicyclic) bond motifs is 18. The molecule has 0 aliphatic carbocycles. The van der Waals surface area contributed by atoms with Crippen LogP contribution in [-0.4, -0.2) is 218 Å². The van der Waals surface area contributed by atoms with Crippen LogP contribution in [0.4, 0.5) is 9.59 Å². The van der Waals surface area contributed by atoms with Gasteiger partial charge in [-0.05, 0) is 191 Å². The molecular formula is C102H126N8O25S2. The van der Waals surface area contributed by atoms with E-state index in [0.717, 1.165) is 71.9 Å². The van der Waals surface area contributed by atoms with Gasteiger partial charge in [-0.2, -0.15) is 10.5 Å². The molecule has 20 rings (SSSR count). The number of phenols is 3. The maximum atomic E-state index is 15.2. The number of aromatic hydroxyl groups is 3. The lowest BCUT2D eigenvalue weighted by Crippen LogP contribution is -2.69. The van der Waals surface area contributed by atoms with E-state index in [9.17, 15) is 49.8 Å². The molecule has 33 nitrogen and oxygen atoms in total. The molecule has 0 aromatic heterocycles. The molecule has 6 aromatic carbocycles. The van der Waals surface area contributed by atoms with E-state index in [1.807, 2.05) is 47.0 Å². The van der Waals surface area contributed by atoms with Crippen LogP contribution >= 0.6 is 23.5 Å². The quantitative estimate of drug-likeness (QED) is 0.0144. The van der Waals surface area contributed by atoms with E-state index in [1.54, 1.807) is 79.8 Å². The van der Waals surface area contributed by atoms with Crippen molar-refractivity contribution in [3.8, 4) is 92.6 Å². The molecule has 2 unspecified atom stereocenters. The zero-order chi connectivity index (χ0) is 98.1. The molecular weight excluding hydrogens is 1800 g/mol. The fraction of sp³-hybridized carbons (Fsp3) is 0.569. The van der Waals surface area contributed by atoms with Crippen molar-refractivity contribution in [3.63, 3.8) is 0 Å². The molecule has 14 heterocycles. The molecule has 2 spiro atoms. The Bertz CT molecular complexity index is 5830. The Morgan fingerprint density at radius 2 is 0.912 bits per heavy atom. The zero-order valence-corrected chi connectivity index (χ0v) is 82.9. The van der Waals surface area contributed by atoms with Gasteiger partial charge < -0.3 is 91.5 Å². The first-order chi connectivity index (χ1) is 65.5. The minimum atomic E-state index is -1.45. The molecule has 0 amide bonds. The summed E-state index contributed by atoms with van der Waals surface area (Å²) in [6.07, 6.45) is 11.0. The molecule has 0 saturated carbocycles. The van der Waals surface area contributed by atoms with Crippen molar-refractivity contribution in [3.05, 3.63) is 125 Å². The fourth-order valence-electron chi connectivity index (χ4n) is 22.7. The van der Waals surface area contributed by atoms with Crippen molar-refractivity contribution in [1.29, 1.82) is 10.5 Å². The third kappa shape index (κ3) is 17.9. The number of carboxylic acids is 1. The van der Waals surface area contributed by atoms with E-state index in [2.05, 4.69) is 56.2 Å². The van der Waals surface area contributed by atoms with E-state index < -0.39 is 111 Å². The number of rotatable bonds is 19. The van der Waals surface area contributed by atoms with Gasteiger partial charge in [-0.3, -0.25) is 39.8 Å². The number of carbonyl (C=O) groups is 6. The van der Waals surface area contributed by atoms with E-state index in [-0.39, 0.29) is 103 Å². The van der Waals surface area contributed by atoms with Crippen LogP contribution in [0.3, 0.4) is 0 Å². The minimum absolute atomic E-state index is 0.0326. The van der Waals surface area contributed by atoms with Crippen LogP contribution < -0.4 is 62.7 Å². The molecule has 6 aromatic rings. The van der Waals surface area contributed by atoms with Crippen LogP contribution in [0.15, 0.2) is 36.4 Å². The first kappa shape index (κ1) is 99.0. The smallest absolute Gasteiger partial charge is 0.507 e. The Labute approximate surface area is 807 Å². The summed E-state index contributed by atoms with van der Waals surface area (Å²) in [4.78, 5) is 88.7.